The Morgan fingerprint density at radius 3 is 2.77 bits per heavy atom. The minimum absolute atomic E-state index is 0.0219. The van der Waals surface area contributed by atoms with Crippen LogP contribution in [0, 0.1) is 12.8 Å². The summed E-state index contributed by atoms with van der Waals surface area (Å²) in [5.74, 6) is 1.57. The van der Waals surface area contributed by atoms with Gasteiger partial charge in [0.2, 0.25) is 11.8 Å². The Bertz CT molecular complexity index is 987. The average Bonchev–Trinajstić information content (AvgIpc) is 3.10. The number of carbonyl (C=O) groups excluding carboxylic acids is 1. The Balaban J connectivity index is 1.16. The number of aromatic nitrogens is 2. The summed E-state index contributed by atoms with van der Waals surface area (Å²) >= 11 is 0. The molecule has 0 aliphatic carbocycles. The number of carbonyl (C=O) groups is 1. The van der Waals surface area contributed by atoms with Crippen LogP contribution in [0.3, 0.4) is 0 Å². The number of aryl methyl sites for hydroxylation is 1. The van der Waals surface area contributed by atoms with Crippen molar-refractivity contribution in [3.05, 3.63) is 41.2 Å². The molecule has 0 N–H and O–H groups in total. The van der Waals surface area contributed by atoms with E-state index in [2.05, 4.69) is 14.9 Å². The normalized spacial score (nSPS) is 21.4. The highest BCUT2D eigenvalue weighted by molar-refractivity contribution is 5.80. The molecule has 0 saturated carbocycles. The first-order chi connectivity index (χ1) is 16.7. The molecule has 0 radical (unpaired) electrons. The number of oxazole rings is 1. The monoisotopic (exact) mass is 495 g/mol. The van der Waals surface area contributed by atoms with Crippen molar-refractivity contribution in [3.63, 3.8) is 0 Å². The van der Waals surface area contributed by atoms with E-state index < -0.39 is 12.8 Å². The third kappa shape index (κ3) is 8.03. The van der Waals surface area contributed by atoms with E-state index in [1.807, 2.05) is 13.0 Å². The molecule has 4 heterocycles. The molecule has 35 heavy (non-hydrogen) atoms. The van der Waals surface area contributed by atoms with E-state index in [0.29, 0.717) is 31.1 Å². The van der Waals surface area contributed by atoms with Crippen LogP contribution >= 0.6 is 0 Å². The maximum absolute atomic E-state index is 12.4. The van der Waals surface area contributed by atoms with E-state index >= 15 is 0 Å². The van der Waals surface area contributed by atoms with Crippen LogP contribution in [0.5, 0.6) is 5.88 Å². The summed E-state index contributed by atoms with van der Waals surface area (Å²) in [5, 5.41) is 0. The number of ketones is 1. The molecule has 0 spiro atoms. The van der Waals surface area contributed by atoms with Gasteiger partial charge in [0.25, 0.3) is 0 Å². The number of hydrogen-bond donors (Lipinski definition) is 0. The largest absolute Gasteiger partial charge is 0.468 e. The molecule has 192 valence electrons. The van der Waals surface area contributed by atoms with E-state index in [4.69, 9.17) is 13.9 Å². The third-order valence-corrected chi connectivity index (χ3v) is 6.55. The second-order valence-electron chi connectivity index (χ2n) is 9.47. The number of Topliss-reactive ketones (excluding diaryl/α,β-unsaturated/α-hetero) is 1. The maximum atomic E-state index is 12.4. The van der Waals surface area contributed by atoms with E-state index in [-0.39, 0.29) is 30.1 Å². The highest BCUT2D eigenvalue weighted by Gasteiger charge is 2.29. The number of rotatable bonds is 9. The molecule has 2 aliphatic heterocycles. The summed E-state index contributed by atoms with van der Waals surface area (Å²) in [6.45, 7) is 3.64. The van der Waals surface area contributed by atoms with Gasteiger partial charge in [-0.25, -0.2) is 9.97 Å². The lowest BCUT2D eigenvalue weighted by molar-refractivity contribution is -0.154. The van der Waals surface area contributed by atoms with Gasteiger partial charge in [-0.1, -0.05) is 6.07 Å². The zero-order valence-electron chi connectivity index (χ0n) is 20.0. The molecular weight excluding hydrogens is 463 g/mol. The Hall–Kier alpha value is -2.46. The van der Waals surface area contributed by atoms with Gasteiger partial charge in [0.1, 0.15) is 11.5 Å². The minimum atomic E-state index is -4.38. The first kappa shape index (κ1) is 25.6. The van der Waals surface area contributed by atoms with Crippen molar-refractivity contribution in [2.24, 2.45) is 5.92 Å². The van der Waals surface area contributed by atoms with Gasteiger partial charge >= 0.3 is 6.18 Å². The molecule has 0 amide bonds. The number of pyridine rings is 1. The van der Waals surface area contributed by atoms with Gasteiger partial charge in [-0.05, 0) is 44.1 Å². The van der Waals surface area contributed by atoms with Crippen LogP contribution in [0.2, 0.25) is 0 Å². The van der Waals surface area contributed by atoms with Gasteiger partial charge < -0.3 is 18.8 Å². The lowest BCUT2D eigenvalue weighted by atomic mass is 9.92. The third-order valence-electron chi connectivity index (χ3n) is 6.55. The topological polar surface area (TPSA) is 77.7 Å². The maximum Gasteiger partial charge on any atom is 0.422 e. The van der Waals surface area contributed by atoms with Crippen molar-refractivity contribution in [1.29, 1.82) is 0 Å². The summed E-state index contributed by atoms with van der Waals surface area (Å²) in [5.41, 5.74) is 1.88. The standard InChI is InChI=1S/C25H32F3N3O4/c1-17-14-29-24(35-17)13-20(32)12-18-2-4-21(33-15-18)7-10-31-9-6-19-3-5-23(30-22(19)8-11-31)34-16-25(26,27)28/h3,5,14,18,21H,2,4,6-13,15-16H2,1H3/t18-,21-/m1/s1. The van der Waals surface area contributed by atoms with Gasteiger partial charge in [-0.15, -0.1) is 0 Å². The molecule has 4 rings (SSSR count). The summed E-state index contributed by atoms with van der Waals surface area (Å²) in [4.78, 5) is 23.1. The minimum Gasteiger partial charge on any atom is -0.468 e. The Morgan fingerprint density at radius 2 is 2.06 bits per heavy atom. The predicted molar refractivity (Wildman–Crippen MR) is 121 cm³/mol. The number of alkyl halides is 3. The van der Waals surface area contributed by atoms with Crippen LogP contribution in [0.25, 0.3) is 0 Å². The van der Waals surface area contributed by atoms with E-state index in [9.17, 15) is 18.0 Å². The van der Waals surface area contributed by atoms with Crippen LogP contribution < -0.4 is 4.74 Å². The van der Waals surface area contributed by atoms with Crippen molar-refractivity contribution in [1.82, 2.24) is 14.9 Å². The average molecular weight is 496 g/mol. The fourth-order valence-corrected chi connectivity index (χ4v) is 4.69. The number of fused-ring (bicyclic) bond motifs is 1. The second kappa shape index (κ2) is 11.5. The van der Waals surface area contributed by atoms with E-state index in [1.54, 1.807) is 6.20 Å². The SMILES string of the molecule is Cc1cnc(CC(=O)C[C@H]2CC[C@H](CCN3CCc4ccc(OCC(F)(F)F)nc4CC3)OC2)o1. The molecule has 2 aromatic rings. The molecule has 2 aliphatic rings. The highest BCUT2D eigenvalue weighted by Crippen LogP contribution is 2.25. The molecule has 7 nitrogen and oxygen atoms in total. The van der Waals surface area contributed by atoms with Gasteiger partial charge in [-0.3, -0.25) is 4.79 Å². The Kier molecular flexibility index (Phi) is 8.43. The molecule has 2 aromatic heterocycles. The second-order valence-corrected chi connectivity index (χ2v) is 9.47. The van der Waals surface area contributed by atoms with Crippen molar-refractivity contribution in [2.75, 3.05) is 32.8 Å². The van der Waals surface area contributed by atoms with Crippen molar-refractivity contribution in [3.8, 4) is 5.88 Å². The number of halogens is 3. The smallest absolute Gasteiger partial charge is 0.422 e. The van der Waals surface area contributed by atoms with Crippen LogP contribution in [0.1, 0.15) is 48.6 Å². The van der Waals surface area contributed by atoms with Gasteiger partial charge in [0, 0.05) is 44.2 Å². The van der Waals surface area contributed by atoms with Gasteiger partial charge in [0.05, 0.1) is 25.3 Å². The van der Waals surface area contributed by atoms with Crippen LogP contribution in [0.15, 0.2) is 22.7 Å². The molecule has 1 fully saturated rings. The Morgan fingerprint density at radius 1 is 1.23 bits per heavy atom. The fourth-order valence-electron chi connectivity index (χ4n) is 4.69. The van der Waals surface area contributed by atoms with E-state index in [0.717, 1.165) is 56.6 Å². The van der Waals surface area contributed by atoms with Crippen LogP contribution in [0.4, 0.5) is 13.2 Å². The summed E-state index contributed by atoms with van der Waals surface area (Å²) in [6, 6.07) is 3.34. The predicted octanol–water partition coefficient (Wildman–Crippen LogP) is 4.11. The fraction of sp³-hybridized carbons (Fsp3) is 0.640. The summed E-state index contributed by atoms with van der Waals surface area (Å²) < 4.78 is 53.5. The van der Waals surface area contributed by atoms with Crippen LogP contribution in [-0.4, -0.2) is 65.8 Å². The quantitative estimate of drug-likeness (QED) is 0.518. The van der Waals surface area contributed by atoms with Crippen molar-refractivity contribution in [2.45, 2.75) is 64.1 Å². The first-order valence-electron chi connectivity index (χ1n) is 12.2. The highest BCUT2D eigenvalue weighted by atomic mass is 19.4. The molecular formula is C25H32F3N3O4. The first-order valence-corrected chi connectivity index (χ1v) is 12.2. The Labute approximate surface area is 203 Å². The number of nitrogens with zero attached hydrogens (tertiary/aromatic N) is 3. The molecule has 1 saturated heterocycles. The van der Waals surface area contributed by atoms with Crippen molar-refractivity contribution >= 4 is 5.78 Å². The number of ether oxygens (including phenoxy) is 2. The van der Waals surface area contributed by atoms with Gasteiger partial charge in [0.15, 0.2) is 6.61 Å². The van der Waals surface area contributed by atoms with Crippen molar-refractivity contribution < 1.29 is 31.9 Å². The summed E-state index contributed by atoms with van der Waals surface area (Å²) in [6.07, 6.45) is 2.46. The number of hydrogen-bond acceptors (Lipinski definition) is 7. The summed E-state index contributed by atoms with van der Waals surface area (Å²) in [7, 11) is 0. The lowest BCUT2D eigenvalue weighted by Gasteiger charge is -2.30. The molecule has 2 atom stereocenters. The molecule has 0 bridgehead atoms. The zero-order valence-corrected chi connectivity index (χ0v) is 20.0. The van der Waals surface area contributed by atoms with Gasteiger partial charge in [-0.2, -0.15) is 13.2 Å². The lowest BCUT2D eigenvalue weighted by Crippen LogP contribution is -2.33. The zero-order chi connectivity index (χ0) is 24.8. The molecule has 0 unspecified atom stereocenters. The van der Waals surface area contributed by atoms with Crippen LogP contribution in [-0.2, 0) is 28.8 Å². The molecule has 10 heteroatoms. The molecule has 0 aromatic carbocycles. The van der Waals surface area contributed by atoms with E-state index in [1.165, 1.54) is 6.07 Å².